The van der Waals surface area contributed by atoms with E-state index in [0.29, 0.717) is 31.4 Å². The number of hydrogen-bond acceptors (Lipinski definition) is 4. The monoisotopic (exact) mass is 226 g/mol. The molecule has 2 N–H and O–H groups in total. The van der Waals surface area contributed by atoms with Crippen LogP contribution in [0.4, 0.5) is 0 Å². The SMILES string of the molecule is NCC1CCN(C(=O)C2=COCCO2)CC1. The van der Waals surface area contributed by atoms with Crippen molar-refractivity contribution in [2.45, 2.75) is 12.8 Å². The van der Waals surface area contributed by atoms with Crippen LogP contribution in [0.5, 0.6) is 0 Å². The zero-order chi connectivity index (χ0) is 11.4. The Hall–Kier alpha value is -1.23. The average molecular weight is 226 g/mol. The molecule has 0 aromatic rings. The summed E-state index contributed by atoms with van der Waals surface area (Å²) in [5.74, 6) is 0.828. The van der Waals surface area contributed by atoms with Crippen LogP contribution in [0, 0.1) is 5.92 Å². The first-order chi connectivity index (χ1) is 7.81. The van der Waals surface area contributed by atoms with Gasteiger partial charge < -0.3 is 20.1 Å². The van der Waals surface area contributed by atoms with Crippen LogP contribution in [-0.2, 0) is 14.3 Å². The summed E-state index contributed by atoms with van der Waals surface area (Å²) in [4.78, 5) is 13.8. The van der Waals surface area contributed by atoms with Crippen LogP contribution in [0.1, 0.15) is 12.8 Å². The van der Waals surface area contributed by atoms with Crippen LogP contribution in [0.25, 0.3) is 0 Å². The van der Waals surface area contributed by atoms with E-state index in [4.69, 9.17) is 15.2 Å². The number of amides is 1. The molecule has 1 fully saturated rings. The molecule has 0 saturated carbocycles. The molecule has 1 saturated heterocycles. The Kier molecular flexibility index (Phi) is 3.66. The highest BCUT2D eigenvalue weighted by atomic mass is 16.6. The summed E-state index contributed by atoms with van der Waals surface area (Å²) in [6, 6.07) is 0. The minimum Gasteiger partial charge on any atom is -0.494 e. The van der Waals surface area contributed by atoms with Crippen molar-refractivity contribution < 1.29 is 14.3 Å². The molecule has 1 amide bonds. The number of nitrogens with zero attached hydrogens (tertiary/aromatic N) is 1. The van der Waals surface area contributed by atoms with Gasteiger partial charge in [0.2, 0.25) is 5.76 Å². The molecule has 0 radical (unpaired) electrons. The minimum atomic E-state index is -0.0600. The number of ether oxygens (including phenoxy) is 2. The summed E-state index contributed by atoms with van der Waals surface area (Å²) in [6.07, 6.45) is 3.38. The van der Waals surface area contributed by atoms with Crippen LogP contribution in [0.2, 0.25) is 0 Å². The second-order valence-electron chi connectivity index (χ2n) is 4.17. The minimum absolute atomic E-state index is 0.0600. The Balaban J connectivity index is 1.88. The van der Waals surface area contributed by atoms with Gasteiger partial charge in [0.15, 0.2) is 0 Å². The first kappa shape index (κ1) is 11.3. The summed E-state index contributed by atoms with van der Waals surface area (Å²) in [5.41, 5.74) is 5.61. The summed E-state index contributed by atoms with van der Waals surface area (Å²) in [5, 5.41) is 0. The van der Waals surface area contributed by atoms with Crippen LogP contribution in [-0.4, -0.2) is 43.7 Å². The first-order valence-electron chi connectivity index (χ1n) is 5.75. The number of piperidine rings is 1. The maximum atomic E-state index is 12.0. The van der Waals surface area contributed by atoms with Crippen LogP contribution < -0.4 is 5.73 Å². The van der Waals surface area contributed by atoms with Gasteiger partial charge in [0.05, 0.1) is 0 Å². The third kappa shape index (κ3) is 2.47. The average Bonchev–Trinajstić information content (AvgIpc) is 2.39. The van der Waals surface area contributed by atoms with Gasteiger partial charge in [-0.25, -0.2) is 0 Å². The molecule has 0 aromatic heterocycles. The smallest absolute Gasteiger partial charge is 0.292 e. The normalized spacial score (nSPS) is 22.1. The van der Waals surface area contributed by atoms with E-state index in [1.54, 1.807) is 0 Å². The van der Waals surface area contributed by atoms with E-state index in [2.05, 4.69) is 0 Å². The van der Waals surface area contributed by atoms with Crippen molar-refractivity contribution in [3.63, 3.8) is 0 Å². The van der Waals surface area contributed by atoms with Gasteiger partial charge in [-0.1, -0.05) is 0 Å². The molecule has 2 aliphatic rings. The summed E-state index contributed by atoms with van der Waals surface area (Å²) >= 11 is 0. The predicted molar refractivity (Wildman–Crippen MR) is 58.3 cm³/mol. The number of likely N-dealkylation sites (tertiary alicyclic amines) is 1. The van der Waals surface area contributed by atoms with Crippen molar-refractivity contribution >= 4 is 5.91 Å². The van der Waals surface area contributed by atoms with Crippen LogP contribution in [0.15, 0.2) is 12.0 Å². The van der Waals surface area contributed by atoms with Crippen molar-refractivity contribution in [2.24, 2.45) is 11.7 Å². The lowest BCUT2D eigenvalue weighted by Crippen LogP contribution is -2.41. The highest BCUT2D eigenvalue weighted by molar-refractivity contribution is 5.91. The van der Waals surface area contributed by atoms with E-state index in [0.717, 1.165) is 25.9 Å². The predicted octanol–water partition coefficient (Wildman–Crippen LogP) is 0.0719. The maximum absolute atomic E-state index is 12.0. The highest BCUT2D eigenvalue weighted by Gasteiger charge is 2.26. The molecule has 0 aromatic carbocycles. The van der Waals surface area contributed by atoms with E-state index >= 15 is 0 Å². The van der Waals surface area contributed by atoms with Crippen molar-refractivity contribution in [2.75, 3.05) is 32.8 Å². The third-order valence-corrected chi connectivity index (χ3v) is 3.09. The van der Waals surface area contributed by atoms with Gasteiger partial charge in [-0.2, -0.15) is 0 Å². The fraction of sp³-hybridized carbons (Fsp3) is 0.727. The molecule has 5 nitrogen and oxygen atoms in total. The van der Waals surface area contributed by atoms with E-state index in [-0.39, 0.29) is 5.91 Å². The molecule has 0 aliphatic carbocycles. The van der Waals surface area contributed by atoms with E-state index < -0.39 is 0 Å². The van der Waals surface area contributed by atoms with Gasteiger partial charge in [-0.05, 0) is 25.3 Å². The molecular weight excluding hydrogens is 208 g/mol. The van der Waals surface area contributed by atoms with E-state index in [9.17, 15) is 4.79 Å². The molecule has 0 spiro atoms. The van der Waals surface area contributed by atoms with Gasteiger partial charge in [-0.15, -0.1) is 0 Å². The van der Waals surface area contributed by atoms with Gasteiger partial charge in [-0.3, -0.25) is 4.79 Å². The molecule has 2 rings (SSSR count). The molecule has 5 heteroatoms. The zero-order valence-corrected chi connectivity index (χ0v) is 9.35. The Morgan fingerprint density at radius 2 is 2.19 bits per heavy atom. The largest absolute Gasteiger partial charge is 0.494 e. The van der Waals surface area contributed by atoms with E-state index in [1.807, 2.05) is 4.90 Å². The quantitative estimate of drug-likeness (QED) is 0.723. The van der Waals surface area contributed by atoms with Gasteiger partial charge >= 0.3 is 0 Å². The molecule has 0 unspecified atom stereocenters. The second-order valence-corrected chi connectivity index (χ2v) is 4.17. The van der Waals surface area contributed by atoms with Gasteiger partial charge in [0.1, 0.15) is 19.5 Å². The number of carbonyl (C=O) groups is 1. The number of nitrogens with two attached hydrogens (primary N) is 1. The standard InChI is InChI=1S/C11H18N2O3/c12-7-9-1-3-13(4-2-9)11(14)10-8-15-5-6-16-10/h8-9H,1-7,12H2. The van der Waals surface area contributed by atoms with Gasteiger partial charge in [0, 0.05) is 13.1 Å². The molecule has 16 heavy (non-hydrogen) atoms. The maximum Gasteiger partial charge on any atom is 0.292 e. The number of carbonyl (C=O) groups excluding carboxylic acids is 1. The number of rotatable bonds is 2. The lowest BCUT2D eigenvalue weighted by molar-refractivity contribution is -0.133. The number of hydrogen-bond donors (Lipinski definition) is 1. The topological polar surface area (TPSA) is 64.8 Å². The highest BCUT2D eigenvalue weighted by Crippen LogP contribution is 2.18. The Morgan fingerprint density at radius 1 is 1.44 bits per heavy atom. The first-order valence-corrected chi connectivity index (χ1v) is 5.75. The lowest BCUT2D eigenvalue weighted by atomic mass is 9.97. The van der Waals surface area contributed by atoms with Crippen molar-refractivity contribution in [1.82, 2.24) is 4.90 Å². The molecule has 0 bridgehead atoms. The zero-order valence-electron chi connectivity index (χ0n) is 9.35. The van der Waals surface area contributed by atoms with Gasteiger partial charge in [0.25, 0.3) is 5.91 Å². The molecule has 2 heterocycles. The summed E-state index contributed by atoms with van der Waals surface area (Å²) < 4.78 is 10.3. The molecule has 90 valence electrons. The fourth-order valence-electron chi connectivity index (χ4n) is 2.01. The fourth-order valence-corrected chi connectivity index (χ4v) is 2.01. The van der Waals surface area contributed by atoms with E-state index in [1.165, 1.54) is 6.26 Å². The van der Waals surface area contributed by atoms with Crippen molar-refractivity contribution in [3.05, 3.63) is 12.0 Å². The molecule has 0 atom stereocenters. The van der Waals surface area contributed by atoms with Crippen LogP contribution in [0.3, 0.4) is 0 Å². The summed E-state index contributed by atoms with van der Waals surface area (Å²) in [7, 11) is 0. The Morgan fingerprint density at radius 3 is 2.75 bits per heavy atom. The Labute approximate surface area is 95.2 Å². The third-order valence-electron chi connectivity index (χ3n) is 3.09. The second kappa shape index (κ2) is 5.21. The Bertz CT molecular complexity index is 283. The molecular formula is C11H18N2O3. The molecule has 2 aliphatic heterocycles. The van der Waals surface area contributed by atoms with Crippen molar-refractivity contribution in [3.8, 4) is 0 Å². The lowest BCUT2D eigenvalue weighted by Gasteiger charge is -2.32. The van der Waals surface area contributed by atoms with Crippen LogP contribution >= 0.6 is 0 Å². The van der Waals surface area contributed by atoms with Crippen molar-refractivity contribution in [1.29, 1.82) is 0 Å². The summed E-state index contributed by atoms with van der Waals surface area (Å²) in [6.45, 7) is 3.22.